The molecule has 1 saturated carbocycles. The van der Waals surface area contributed by atoms with Gasteiger partial charge in [0.15, 0.2) is 0 Å². The first kappa shape index (κ1) is 15.0. The quantitative estimate of drug-likeness (QED) is 0.895. The Morgan fingerprint density at radius 2 is 1.90 bits per heavy atom. The molecule has 0 aromatic heterocycles. The second-order valence-corrected chi connectivity index (χ2v) is 6.43. The Labute approximate surface area is 121 Å². The van der Waals surface area contributed by atoms with Gasteiger partial charge in [0, 0.05) is 13.1 Å². The number of nitrogens with zero attached hydrogens (tertiary/aromatic N) is 1. The van der Waals surface area contributed by atoms with Gasteiger partial charge in [-0.1, -0.05) is 37.3 Å². The van der Waals surface area contributed by atoms with Crippen molar-refractivity contribution in [2.45, 2.75) is 39.2 Å². The van der Waals surface area contributed by atoms with Crippen LogP contribution in [0.4, 0.5) is 0 Å². The zero-order chi connectivity index (χ0) is 14.6. The Hall–Kier alpha value is -1.35. The van der Waals surface area contributed by atoms with Crippen molar-refractivity contribution in [3.8, 4) is 0 Å². The van der Waals surface area contributed by atoms with Crippen LogP contribution in [0, 0.1) is 11.3 Å². The van der Waals surface area contributed by atoms with E-state index in [1.807, 2.05) is 25.2 Å². The first-order chi connectivity index (χ1) is 9.52. The van der Waals surface area contributed by atoms with Crippen molar-refractivity contribution >= 4 is 5.97 Å². The van der Waals surface area contributed by atoms with Gasteiger partial charge in [-0.3, -0.25) is 4.79 Å². The van der Waals surface area contributed by atoms with E-state index in [1.54, 1.807) is 0 Å². The van der Waals surface area contributed by atoms with Gasteiger partial charge in [-0.05, 0) is 44.2 Å². The third kappa shape index (κ3) is 3.60. The zero-order valence-corrected chi connectivity index (χ0v) is 12.5. The summed E-state index contributed by atoms with van der Waals surface area (Å²) in [6.07, 6.45) is 3.68. The molecule has 1 fully saturated rings. The topological polar surface area (TPSA) is 40.5 Å². The number of carboxylic acid groups (broad SMARTS) is 1. The van der Waals surface area contributed by atoms with E-state index in [9.17, 15) is 9.90 Å². The molecule has 1 aromatic carbocycles. The first-order valence-corrected chi connectivity index (χ1v) is 7.48. The van der Waals surface area contributed by atoms with Crippen molar-refractivity contribution in [3.05, 3.63) is 35.9 Å². The summed E-state index contributed by atoms with van der Waals surface area (Å²) in [6.45, 7) is 3.68. The van der Waals surface area contributed by atoms with Crippen LogP contribution in [0.2, 0.25) is 0 Å². The number of carboxylic acids is 1. The summed E-state index contributed by atoms with van der Waals surface area (Å²) in [4.78, 5) is 13.9. The van der Waals surface area contributed by atoms with E-state index in [4.69, 9.17) is 0 Å². The fourth-order valence-corrected chi connectivity index (χ4v) is 3.22. The predicted molar refractivity (Wildman–Crippen MR) is 80.5 cm³/mol. The largest absolute Gasteiger partial charge is 0.481 e. The number of hydrogen-bond acceptors (Lipinski definition) is 2. The summed E-state index contributed by atoms with van der Waals surface area (Å²) in [7, 11) is 2.02. The van der Waals surface area contributed by atoms with Crippen LogP contribution < -0.4 is 0 Å². The molecule has 0 atom stereocenters. The number of carbonyl (C=O) groups is 1. The second kappa shape index (κ2) is 6.40. The van der Waals surface area contributed by atoms with Gasteiger partial charge in [0.2, 0.25) is 0 Å². The molecular formula is C17H25NO2. The van der Waals surface area contributed by atoms with Gasteiger partial charge >= 0.3 is 5.97 Å². The molecule has 0 radical (unpaired) electrons. The van der Waals surface area contributed by atoms with E-state index in [-0.39, 0.29) is 0 Å². The van der Waals surface area contributed by atoms with E-state index in [0.717, 1.165) is 32.2 Å². The molecular weight excluding hydrogens is 250 g/mol. The van der Waals surface area contributed by atoms with Crippen LogP contribution in [0.25, 0.3) is 0 Å². The molecule has 0 aliphatic heterocycles. The monoisotopic (exact) mass is 275 g/mol. The smallest absolute Gasteiger partial charge is 0.310 e. The lowest BCUT2D eigenvalue weighted by Gasteiger charge is -2.38. The molecule has 3 heteroatoms. The molecule has 0 heterocycles. The molecule has 1 N–H and O–H groups in total. The number of benzene rings is 1. The fraction of sp³-hybridized carbons (Fsp3) is 0.588. The average molecular weight is 275 g/mol. The van der Waals surface area contributed by atoms with Crippen LogP contribution >= 0.6 is 0 Å². The third-order valence-corrected chi connectivity index (χ3v) is 4.55. The lowest BCUT2D eigenvalue weighted by atomic mass is 9.70. The molecule has 0 unspecified atom stereocenters. The molecule has 0 spiro atoms. The molecule has 0 bridgehead atoms. The highest BCUT2D eigenvalue weighted by molar-refractivity contribution is 5.75. The lowest BCUT2D eigenvalue weighted by molar-refractivity contribution is -0.153. The molecule has 3 nitrogen and oxygen atoms in total. The zero-order valence-electron chi connectivity index (χ0n) is 12.5. The highest BCUT2D eigenvalue weighted by Crippen LogP contribution is 2.39. The molecule has 1 aliphatic rings. The van der Waals surface area contributed by atoms with E-state index >= 15 is 0 Å². The average Bonchev–Trinajstić information content (AvgIpc) is 2.42. The first-order valence-electron chi connectivity index (χ1n) is 7.48. The Morgan fingerprint density at radius 3 is 2.45 bits per heavy atom. The Balaban J connectivity index is 1.99. The van der Waals surface area contributed by atoms with Crippen LogP contribution in [-0.4, -0.2) is 29.6 Å². The molecule has 1 aromatic rings. The van der Waals surface area contributed by atoms with Gasteiger partial charge < -0.3 is 10.0 Å². The van der Waals surface area contributed by atoms with Crippen molar-refractivity contribution in [3.63, 3.8) is 0 Å². The Bertz CT molecular complexity index is 436. The summed E-state index contributed by atoms with van der Waals surface area (Å²) < 4.78 is 0. The van der Waals surface area contributed by atoms with Crippen LogP contribution in [-0.2, 0) is 11.3 Å². The minimum Gasteiger partial charge on any atom is -0.481 e. The van der Waals surface area contributed by atoms with Gasteiger partial charge in [-0.25, -0.2) is 0 Å². The maximum atomic E-state index is 11.7. The summed E-state index contributed by atoms with van der Waals surface area (Å²) in [6, 6.07) is 10.2. The van der Waals surface area contributed by atoms with Gasteiger partial charge in [-0.15, -0.1) is 0 Å². The maximum Gasteiger partial charge on any atom is 0.310 e. The number of aliphatic carboxylic acids is 1. The molecule has 0 saturated heterocycles. The highest BCUT2D eigenvalue weighted by atomic mass is 16.4. The van der Waals surface area contributed by atoms with E-state index in [2.05, 4.69) is 24.0 Å². The van der Waals surface area contributed by atoms with Crippen LogP contribution in [0.5, 0.6) is 0 Å². The van der Waals surface area contributed by atoms with Crippen LogP contribution in [0.15, 0.2) is 30.3 Å². The molecule has 0 amide bonds. The van der Waals surface area contributed by atoms with E-state index in [0.29, 0.717) is 12.5 Å². The predicted octanol–water partition coefficient (Wildman–Crippen LogP) is 3.40. The van der Waals surface area contributed by atoms with Gasteiger partial charge in [0.05, 0.1) is 5.41 Å². The molecule has 1 aliphatic carbocycles. The standard InChI is InChI=1S/C17H25NO2/c1-14-8-10-17(11-9-14,16(19)20)13-18(2)12-15-6-4-3-5-7-15/h3-7,14H,8-13H2,1-2H3,(H,19,20). The fourth-order valence-electron chi connectivity index (χ4n) is 3.22. The van der Waals surface area contributed by atoms with Crippen molar-refractivity contribution in [1.82, 2.24) is 4.90 Å². The number of rotatable bonds is 5. The van der Waals surface area contributed by atoms with Crippen molar-refractivity contribution in [2.24, 2.45) is 11.3 Å². The van der Waals surface area contributed by atoms with Crippen molar-refractivity contribution < 1.29 is 9.90 Å². The maximum absolute atomic E-state index is 11.7. The van der Waals surface area contributed by atoms with Gasteiger partial charge in [-0.2, -0.15) is 0 Å². The van der Waals surface area contributed by atoms with Gasteiger partial charge in [0.25, 0.3) is 0 Å². The second-order valence-electron chi connectivity index (χ2n) is 6.43. The normalized spacial score (nSPS) is 26.6. The van der Waals surface area contributed by atoms with Crippen molar-refractivity contribution in [2.75, 3.05) is 13.6 Å². The molecule has 110 valence electrons. The third-order valence-electron chi connectivity index (χ3n) is 4.55. The van der Waals surface area contributed by atoms with Crippen LogP contribution in [0.1, 0.15) is 38.2 Å². The van der Waals surface area contributed by atoms with Crippen LogP contribution in [0.3, 0.4) is 0 Å². The Morgan fingerprint density at radius 1 is 1.30 bits per heavy atom. The van der Waals surface area contributed by atoms with Crippen molar-refractivity contribution in [1.29, 1.82) is 0 Å². The lowest BCUT2D eigenvalue weighted by Crippen LogP contribution is -2.44. The summed E-state index contributed by atoms with van der Waals surface area (Å²) in [5.41, 5.74) is 0.690. The minimum atomic E-state index is -0.621. The van der Waals surface area contributed by atoms with Gasteiger partial charge in [0.1, 0.15) is 0 Å². The molecule has 20 heavy (non-hydrogen) atoms. The minimum absolute atomic E-state index is 0.546. The summed E-state index contributed by atoms with van der Waals surface area (Å²) >= 11 is 0. The summed E-state index contributed by atoms with van der Waals surface area (Å²) in [5.74, 6) is 0.0474. The van der Waals surface area contributed by atoms with E-state index < -0.39 is 11.4 Å². The molecule has 2 rings (SSSR count). The SMILES string of the molecule is CC1CCC(CN(C)Cc2ccccc2)(C(=O)O)CC1. The Kier molecular flexibility index (Phi) is 4.81. The summed E-state index contributed by atoms with van der Waals surface area (Å²) in [5, 5.41) is 9.66. The highest BCUT2D eigenvalue weighted by Gasteiger charge is 2.41. The number of hydrogen-bond donors (Lipinski definition) is 1. The van der Waals surface area contributed by atoms with E-state index in [1.165, 1.54) is 5.56 Å².